The zero-order chi connectivity index (χ0) is 39.6. The maximum atomic E-state index is 12.2. The smallest absolute Gasteiger partial charge is 0.164 e. The van der Waals surface area contributed by atoms with Crippen LogP contribution in [0.1, 0.15) is 119 Å². The first-order valence-electron chi connectivity index (χ1n) is 19.8. The number of rotatable bonds is 11. The Balaban J connectivity index is 0.000000320. The van der Waals surface area contributed by atoms with E-state index in [-0.39, 0.29) is 47.9 Å². The van der Waals surface area contributed by atoms with Crippen LogP contribution in [0.25, 0.3) is 52.0 Å². The first-order valence-corrected chi connectivity index (χ1v) is 21.4. The zero-order valence-corrected chi connectivity index (χ0v) is 39.0. The molecular weight excluding hydrogens is 891 g/mol. The van der Waals surface area contributed by atoms with Crippen LogP contribution in [-0.2, 0) is 36.7 Å². The van der Waals surface area contributed by atoms with Gasteiger partial charge in [0.25, 0.3) is 0 Å². The third-order valence-corrected chi connectivity index (χ3v) is 14.3. The summed E-state index contributed by atoms with van der Waals surface area (Å²) in [5, 5.41) is 15.1. The fraction of sp³-hybridized carbons (Fsp3) is 0.429. The molecule has 0 fully saturated rings. The van der Waals surface area contributed by atoms with Crippen LogP contribution in [0.2, 0.25) is 0 Å². The van der Waals surface area contributed by atoms with E-state index >= 15 is 0 Å². The minimum atomic E-state index is -0.337. The number of aryl methyl sites for hydroxylation is 1. The van der Waals surface area contributed by atoms with Gasteiger partial charge in [0, 0.05) is 68.1 Å². The maximum Gasteiger partial charge on any atom is 0.164 e. The number of allylic oxidation sites excluding steroid dienone is 2. The first-order chi connectivity index (χ1) is 25.5. The van der Waals surface area contributed by atoms with E-state index in [2.05, 4.69) is 108 Å². The second kappa shape index (κ2) is 18.0. The largest absolute Gasteiger partial charge is 0.512 e. The van der Waals surface area contributed by atoms with Crippen molar-refractivity contribution in [1.82, 2.24) is 4.98 Å². The zero-order valence-electron chi connectivity index (χ0n) is 35.0. The number of pyridine rings is 1. The minimum Gasteiger partial charge on any atom is -0.512 e. The Hall–Kier alpha value is -3.15. The molecule has 3 nitrogen and oxygen atoms in total. The molecule has 0 aliphatic rings. The minimum absolute atomic E-state index is 0. The number of nitrogens with zero attached hydrogens (tertiary/aromatic N) is 1. The molecule has 1 N–H and O–H groups in total. The van der Waals surface area contributed by atoms with Crippen molar-refractivity contribution in [3.05, 3.63) is 101 Å². The second-order valence-electron chi connectivity index (χ2n) is 17.0. The Labute approximate surface area is 352 Å². The van der Waals surface area contributed by atoms with Crippen LogP contribution >= 0.6 is 22.7 Å². The predicted octanol–water partition coefficient (Wildman–Crippen LogP) is 15.3. The molecule has 55 heavy (non-hydrogen) atoms. The number of aromatic nitrogens is 1. The normalized spacial score (nSPS) is 12.6. The summed E-state index contributed by atoms with van der Waals surface area (Å²) < 4.78 is 2.66. The Bertz CT molecular complexity index is 2290. The van der Waals surface area contributed by atoms with Crippen molar-refractivity contribution < 1.29 is 30.0 Å². The van der Waals surface area contributed by atoms with Gasteiger partial charge in [-0.3, -0.25) is 9.78 Å². The van der Waals surface area contributed by atoms with Crippen molar-refractivity contribution >= 4 is 59.4 Å². The van der Waals surface area contributed by atoms with Gasteiger partial charge in [0.15, 0.2) is 5.78 Å². The van der Waals surface area contributed by atoms with Gasteiger partial charge in [-0.1, -0.05) is 117 Å². The molecule has 0 atom stereocenters. The van der Waals surface area contributed by atoms with E-state index in [1.165, 1.54) is 58.1 Å². The Kier molecular flexibility index (Phi) is 14.6. The molecule has 3 aromatic carbocycles. The molecule has 3 heterocycles. The van der Waals surface area contributed by atoms with Crippen molar-refractivity contribution in [2.75, 3.05) is 0 Å². The van der Waals surface area contributed by atoms with E-state index in [9.17, 15) is 9.90 Å². The van der Waals surface area contributed by atoms with E-state index in [0.29, 0.717) is 5.92 Å². The van der Waals surface area contributed by atoms with Gasteiger partial charge in [0.05, 0.1) is 0 Å². The fourth-order valence-corrected chi connectivity index (χ4v) is 9.57. The van der Waals surface area contributed by atoms with Gasteiger partial charge in [-0.2, -0.15) is 0 Å². The number of thiophene rings is 2. The summed E-state index contributed by atoms with van der Waals surface area (Å²) in [7, 11) is 0. The molecule has 0 aliphatic heterocycles. The van der Waals surface area contributed by atoms with Crippen LogP contribution < -0.4 is 0 Å². The number of carbonyl (C=O) groups excluding carboxylic acids is 1. The molecule has 0 aliphatic carbocycles. The van der Waals surface area contributed by atoms with Gasteiger partial charge in [-0.15, -0.1) is 51.8 Å². The average molecular weight is 951 g/mol. The number of carbonyl (C=O) groups is 1. The molecule has 6 rings (SSSR count). The third kappa shape index (κ3) is 9.53. The summed E-state index contributed by atoms with van der Waals surface area (Å²) in [4.78, 5) is 19.8. The Morgan fingerprint density at radius 3 is 2.13 bits per heavy atom. The molecule has 0 saturated heterocycles. The summed E-state index contributed by atoms with van der Waals surface area (Å²) in [6.45, 7) is 25.8. The molecule has 0 amide bonds. The molecule has 6 aromatic rings. The number of ketones is 1. The Morgan fingerprint density at radius 2 is 1.51 bits per heavy atom. The van der Waals surface area contributed by atoms with Crippen LogP contribution in [0.4, 0.5) is 0 Å². The van der Waals surface area contributed by atoms with E-state index in [1.54, 1.807) is 0 Å². The quantitative estimate of drug-likeness (QED) is 0.0800. The number of aliphatic hydroxyl groups is 1. The van der Waals surface area contributed by atoms with Crippen LogP contribution in [0.5, 0.6) is 0 Å². The van der Waals surface area contributed by atoms with E-state index in [1.807, 2.05) is 70.4 Å². The molecule has 0 saturated carbocycles. The van der Waals surface area contributed by atoms with E-state index in [4.69, 9.17) is 4.98 Å². The first kappa shape index (κ1) is 44.6. The predicted molar refractivity (Wildman–Crippen MR) is 237 cm³/mol. The number of benzene rings is 3. The van der Waals surface area contributed by atoms with Crippen molar-refractivity contribution in [2.24, 2.45) is 16.7 Å². The van der Waals surface area contributed by atoms with E-state index in [0.717, 1.165) is 48.7 Å². The molecule has 6 heteroatoms. The molecule has 0 unspecified atom stereocenters. The van der Waals surface area contributed by atoms with Gasteiger partial charge in [0.1, 0.15) is 5.76 Å². The van der Waals surface area contributed by atoms with E-state index < -0.39 is 0 Å². The van der Waals surface area contributed by atoms with Crippen LogP contribution in [0.3, 0.4) is 0 Å². The van der Waals surface area contributed by atoms with Crippen molar-refractivity contribution in [2.45, 2.75) is 121 Å². The average Bonchev–Trinajstić information content (AvgIpc) is 3.73. The van der Waals surface area contributed by atoms with Crippen molar-refractivity contribution in [3.8, 4) is 21.0 Å². The number of aliphatic hydroxyl groups excluding tert-OH is 1. The van der Waals surface area contributed by atoms with Crippen LogP contribution in [0.15, 0.2) is 78.7 Å². The van der Waals surface area contributed by atoms with Gasteiger partial charge in [-0.05, 0) is 90.5 Å². The summed E-state index contributed by atoms with van der Waals surface area (Å²) in [6, 6.07) is 26.1. The molecule has 295 valence electrons. The second-order valence-corrected chi connectivity index (χ2v) is 19.1. The van der Waals surface area contributed by atoms with Crippen molar-refractivity contribution in [1.29, 1.82) is 0 Å². The third-order valence-electron chi connectivity index (χ3n) is 11.7. The topological polar surface area (TPSA) is 50.2 Å². The SMILES string of the molecule is CCC(C)(CC)C(=O)/C=C(\O)C(C)(CC)CC.Cc1c(-c2cc3ccc(CC(C)C)cc3s2)sc2ccnc(-c3[c-]c4ccccc4c(C(C)(C)C)c3)c12.[Ir]. The summed E-state index contributed by atoms with van der Waals surface area (Å²) in [6.07, 6.45) is 7.84. The van der Waals surface area contributed by atoms with Gasteiger partial charge < -0.3 is 5.11 Å². The molecule has 1 radical (unpaired) electrons. The van der Waals surface area contributed by atoms with Gasteiger partial charge >= 0.3 is 0 Å². The number of hydrogen-bond donors (Lipinski definition) is 1. The summed E-state index contributed by atoms with van der Waals surface area (Å²) >= 11 is 3.80. The monoisotopic (exact) mass is 951 g/mol. The summed E-state index contributed by atoms with van der Waals surface area (Å²) in [5.74, 6) is 0.951. The molecule has 0 bridgehead atoms. The van der Waals surface area contributed by atoms with Crippen molar-refractivity contribution in [3.63, 3.8) is 0 Å². The van der Waals surface area contributed by atoms with Gasteiger partial charge in [0.2, 0.25) is 0 Å². The summed E-state index contributed by atoms with van der Waals surface area (Å²) in [5.41, 5.74) is 5.62. The number of fused-ring (bicyclic) bond motifs is 3. The maximum absolute atomic E-state index is 12.2. The molecule has 3 aromatic heterocycles. The Morgan fingerprint density at radius 1 is 0.855 bits per heavy atom. The van der Waals surface area contributed by atoms with Crippen LogP contribution in [0, 0.1) is 29.7 Å². The molecule has 0 spiro atoms. The van der Waals surface area contributed by atoms with Gasteiger partial charge in [-0.25, -0.2) is 0 Å². The fourth-order valence-electron chi connectivity index (χ4n) is 7.08. The molecular formula is C49H60IrNO2S2-. The number of hydrogen-bond acceptors (Lipinski definition) is 5. The standard InChI is InChI=1S/C34H32NS2.C15H28O2.Ir/c1-20(2)15-22-11-12-24-19-30(36-29(24)16-22)33-21(3)31-28(37-33)13-14-35-32(31)25-17-23-9-7-8-10-26(23)27(18-25)34(4,5)6;1-7-14(5,8-2)12(16)11-13(17)15(6,9-3)10-4;/h7-14,16,18-20H,15H2,1-6H3;11,16H,7-10H2,1-6H3;/q-1;;/b;12-11-;. The van der Waals surface area contributed by atoms with Crippen LogP contribution in [-0.4, -0.2) is 15.9 Å².